The number of aliphatic hydroxyl groups excluding tert-OH is 1. The van der Waals surface area contributed by atoms with Crippen molar-refractivity contribution in [1.82, 2.24) is 10.2 Å². The molecule has 0 saturated carbocycles. The molecule has 0 radical (unpaired) electrons. The number of hydrogen-bond acceptors (Lipinski definition) is 5. The molecule has 160 valence electrons. The summed E-state index contributed by atoms with van der Waals surface area (Å²) in [5.41, 5.74) is -0.0635. The first-order valence-electron chi connectivity index (χ1n) is 9.91. The Kier molecular flexibility index (Phi) is 4.44. The lowest BCUT2D eigenvalue weighted by molar-refractivity contribution is -0.143. The maximum atomic E-state index is 13.5. The van der Waals surface area contributed by atoms with Crippen LogP contribution >= 0.6 is 11.6 Å². The van der Waals surface area contributed by atoms with Gasteiger partial charge in [0.25, 0.3) is 0 Å². The van der Waals surface area contributed by atoms with E-state index in [1.807, 2.05) is 0 Å². The highest BCUT2D eigenvalue weighted by Gasteiger charge is 2.71. The van der Waals surface area contributed by atoms with Crippen molar-refractivity contribution in [2.45, 2.75) is 31.2 Å². The van der Waals surface area contributed by atoms with Crippen molar-refractivity contribution in [2.75, 3.05) is 5.32 Å². The fourth-order valence-electron chi connectivity index (χ4n) is 5.13. The van der Waals surface area contributed by atoms with E-state index in [0.717, 1.165) is 4.90 Å². The largest absolute Gasteiger partial charge is 0.392 e. The van der Waals surface area contributed by atoms with Gasteiger partial charge in [0.05, 0.1) is 35.2 Å². The fourth-order valence-corrected chi connectivity index (χ4v) is 5.35. The molecule has 0 aromatic heterocycles. The first-order valence-corrected chi connectivity index (χ1v) is 10.3. The van der Waals surface area contributed by atoms with Crippen LogP contribution in [0.4, 0.5) is 10.1 Å². The molecule has 9 heteroatoms. The van der Waals surface area contributed by atoms with E-state index in [0.29, 0.717) is 21.8 Å². The SMILES string of the molecule is CC(O)C1NC2(C(=O)Nc3c(Cl)cccc32)C2C(=O)N(Cc3ccc(F)cc3)C(=O)C12. The molecule has 2 aromatic rings. The van der Waals surface area contributed by atoms with Crippen molar-refractivity contribution in [1.29, 1.82) is 0 Å². The molecule has 5 unspecified atom stereocenters. The molecule has 5 rings (SSSR count). The summed E-state index contributed by atoms with van der Waals surface area (Å²) < 4.78 is 13.3. The number of fused-ring (bicyclic) bond motifs is 4. The Morgan fingerprint density at radius 1 is 1.16 bits per heavy atom. The summed E-state index contributed by atoms with van der Waals surface area (Å²) in [5, 5.41) is 16.6. The van der Waals surface area contributed by atoms with E-state index in [9.17, 15) is 23.9 Å². The lowest BCUT2D eigenvalue weighted by Crippen LogP contribution is -2.54. The molecule has 3 aliphatic heterocycles. The molecule has 5 atom stereocenters. The van der Waals surface area contributed by atoms with Crippen molar-refractivity contribution in [3.63, 3.8) is 0 Å². The number of nitrogens with one attached hydrogen (secondary N) is 2. The number of anilines is 1. The zero-order valence-electron chi connectivity index (χ0n) is 16.4. The second-order valence-corrected chi connectivity index (χ2v) is 8.63. The summed E-state index contributed by atoms with van der Waals surface area (Å²) in [7, 11) is 0. The van der Waals surface area contributed by atoms with Crippen molar-refractivity contribution >= 4 is 35.0 Å². The highest BCUT2D eigenvalue weighted by molar-refractivity contribution is 6.35. The number of halogens is 2. The average Bonchev–Trinajstić information content (AvgIpc) is 3.32. The van der Waals surface area contributed by atoms with Gasteiger partial charge in [-0.15, -0.1) is 0 Å². The Morgan fingerprint density at radius 2 is 1.87 bits per heavy atom. The average molecular weight is 444 g/mol. The Morgan fingerprint density at radius 3 is 2.55 bits per heavy atom. The summed E-state index contributed by atoms with van der Waals surface area (Å²) in [4.78, 5) is 41.2. The third-order valence-electron chi connectivity index (χ3n) is 6.50. The molecular weight excluding hydrogens is 425 g/mol. The molecule has 3 amide bonds. The lowest BCUT2D eigenvalue weighted by atomic mass is 9.76. The first-order chi connectivity index (χ1) is 14.8. The number of likely N-dealkylation sites (tertiary alicyclic amines) is 1. The maximum Gasteiger partial charge on any atom is 0.250 e. The Hall–Kier alpha value is -2.81. The van der Waals surface area contributed by atoms with E-state index in [4.69, 9.17) is 11.6 Å². The van der Waals surface area contributed by atoms with E-state index in [1.165, 1.54) is 31.2 Å². The predicted octanol–water partition coefficient (Wildman–Crippen LogP) is 1.78. The zero-order valence-corrected chi connectivity index (χ0v) is 17.2. The van der Waals surface area contributed by atoms with Crippen molar-refractivity contribution in [3.8, 4) is 0 Å². The van der Waals surface area contributed by atoms with Crippen molar-refractivity contribution in [3.05, 3.63) is 64.4 Å². The summed E-state index contributed by atoms with van der Waals surface area (Å²) in [6, 6.07) is 9.69. The molecule has 7 nitrogen and oxygen atoms in total. The smallest absolute Gasteiger partial charge is 0.250 e. The van der Waals surface area contributed by atoms with Crippen molar-refractivity contribution < 1.29 is 23.9 Å². The van der Waals surface area contributed by atoms with Gasteiger partial charge in [-0.3, -0.25) is 24.6 Å². The minimum atomic E-state index is -1.52. The molecule has 0 aliphatic carbocycles. The number of benzene rings is 2. The second kappa shape index (κ2) is 6.85. The van der Waals surface area contributed by atoms with E-state index >= 15 is 0 Å². The standard InChI is InChI=1S/C22H19ClFN3O4/c1-10(28)17-15-16(20(30)27(19(15)29)9-11-5-7-12(24)8-6-11)22(26-17)13-3-2-4-14(23)18(13)25-21(22)31/h2-8,10,15-17,26,28H,9H2,1H3,(H,25,31). The van der Waals surface area contributed by atoms with Crippen LogP contribution < -0.4 is 10.6 Å². The molecule has 2 saturated heterocycles. The Bertz CT molecular complexity index is 1120. The number of hydrogen-bond donors (Lipinski definition) is 3. The number of imide groups is 1. The topological polar surface area (TPSA) is 98.7 Å². The number of carbonyl (C=O) groups excluding carboxylic acids is 3. The third kappa shape index (κ3) is 2.68. The van der Waals surface area contributed by atoms with Gasteiger partial charge in [-0.05, 0) is 30.7 Å². The minimum absolute atomic E-state index is 0.0441. The van der Waals surface area contributed by atoms with Gasteiger partial charge in [0.2, 0.25) is 17.7 Å². The minimum Gasteiger partial charge on any atom is -0.392 e. The van der Waals surface area contributed by atoms with Crippen LogP contribution in [-0.4, -0.2) is 39.9 Å². The zero-order chi connectivity index (χ0) is 22.1. The van der Waals surface area contributed by atoms with Gasteiger partial charge >= 0.3 is 0 Å². The predicted molar refractivity (Wildman–Crippen MR) is 109 cm³/mol. The van der Waals surface area contributed by atoms with Crippen LogP contribution in [0.3, 0.4) is 0 Å². The molecule has 0 bridgehead atoms. The van der Waals surface area contributed by atoms with E-state index in [-0.39, 0.29) is 6.54 Å². The van der Waals surface area contributed by atoms with Crippen LogP contribution in [0.2, 0.25) is 5.02 Å². The molecule has 2 aromatic carbocycles. The number of rotatable bonds is 3. The first kappa shape index (κ1) is 20.1. The lowest BCUT2D eigenvalue weighted by Gasteiger charge is -2.30. The van der Waals surface area contributed by atoms with E-state index in [1.54, 1.807) is 18.2 Å². The molecule has 3 N–H and O–H groups in total. The van der Waals surface area contributed by atoms with Gasteiger partial charge in [-0.1, -0.05) is 35.9 Å². The molecule has 2 fully saturated rings. The number of nitrogens with zero attached hydrogens (tertiary/aromatic N) is 1. The van der Waals surface area contributed by atoms with Crippen LogP contribution in [0.15, 0.2) is 42.5 Å². The van der Waals surface area contributed by atoms with Gasteiger partial charge in [-0.2, -0.15) is 0 Å². The number of para-hydroxylation sites is 1. The summed E-state index contributed by atoms with van der Waals surface area (Å²) in [6.45, 7) is 1.47. The van der Waals surface area contributed by atoms with Gasteiger partial charge < -0.3 is 10.4 Å². The third-order valence-corrected chi connectivity index (χ3v) is 6.81. The van der Waals surface area contributed by atoms with Gasteiger partial charge in [0, 0.05) is 11.6 Å². The molecule has 31 heavy (non-hydrogen) atoms. The van der Waals surface area contributed by atoms with Crippen molar-refractivity contribution in [2.24, 2.45) is 11.8 Å². The molecule has 3 aliphatic rings. The summed E-state index contributed by atoms with van der Waals surface area (Å²) in [5.74, 6) is -3.87. The normalized spacial score (nSPS) is 30.0. The molecule has 1 spiro atoms. The Labute approximate surface area is 182 Å². The van der Waals surface area contributed by atoms with Crippen LogP contribution in [0.1, 0.15) is 18.1 Å². The quantitative estimate of drug-likeness (QED) is 0.628. The van der Waals surface area contributed by atoms with E-state index < -0.39 is 53.1 Å². The fraction of sp³-hybridized carbons (Fsp3) is 0.318. The number of amides is 3. The maximum absolute atomic E-state index is 13.5. The molecular formula is C22H19ClFN3O4. The number of carbonyl (C=O) groups is 3. The van der Waals surface area contributed by atoms with Crippen LogP contribution in [0.25, 0.3) is 0 Å². The van der Waals surface area contributed by atoms with Crippen LogP contribution in [0, 0.1) is 17.7 Å². The van der Waals surface area contributed by atoms with Crippen LogP contribution in [0.5, 0.6) is 0 Å². The van der Waals surface area contributed by atoms with Gasteiger partial charge in [0.1, 0.15) is 11.4 Å². The second-order valence-electron chi connectivity index (χ2n) is 8.23. The highest BCUT2D eigenvalue weighted by atomic mass is 35.5. The summed E-state index contributed by atoms with van der Waals surface area (Å²) >= 11 is 6.27. The highest BCUT2D eigenvalue weighted by Crippen LogP contribution is 2.54. The Balaban J connectivity index is 1.61. The van der Waals surface area contributed by atoms with Gasteiger partial charge in [0.15, 0.2) is 0 Å². The monoisotopic (exact) mass is 443 g/mol. The van der Waals surface area contributed by atoms with Crippen LogP contribution in [-0.2, 0) is 26.5 Å². The number of aliphatic hydroxyl groups is 1. The van der Waals surface area contributed by atoms with Gasteiger partial charge in [-0.25, -0.2) is 4.39 Å². The molecule has 3 heterocycles. The van der Waals surface area contributed by atoms with E-state index in [2.05, 4.69) is 10.6 Å². The summed E-state index contributed by atoms with van der Waals surface area (Å²) in [6.07, 6.45) is -0.995.